The van der Waals surface area contributed by atoms with Gasteiger partial charge in [0.25, 0.3) is 0 Å². The third kappa shape index (κ3) is 3.55. The Morgan fingerprint density at radius 1 is 0.808 bits per heavy atom. The van der Waals surface area contributed by atoms with Gasteiger partial charge in [0.2, 0.25) is 0 Å². The van der Waals surface area contributed by atoms with Gasteiger partial charge in [0.1, 0.15) is 0 Å². The fourth-order valence-corrected chi connectivity index (χ4v) is 2.95. The largest absolute Gasteiger partial charge is 0.325 e. The van der Waals surface area contributed by atoms with Crippen LogP contribution < -0.4 is 5.73 Å². The summed E-state index contributed by atoms with van der Waals surface area (Å²) in [6.45, 7) is 1.15. The summed E-state index contributed by atoms with van der Waals surface area (Å²) in [7, 11) is 0. The van der Waals surface area contributed by atoms with Gasteiger partial charge < -0.3 is 5.73 Å². The number of nitrogens with two attached hydrogens (primary N) is 1. The first-order valence-electron chi connectivity index (χ1n) is 8.65. The number of nitrogens with zero attached hydrogens (tertiary/aromatic N) is 3. The van der Waals surface area contributed by atoms with Crippen molar-refractivity contribution in [3.63, 3.8) is 0 Å². The SMILES string of the molecule is NCc1ccc(Cn2ccc(-c3cccc(-c4ccccc4)c3)n2)cn1. The summed E-state index contributed by atoms with van der Waals surface area (Å²) in [5, 5.41) is 4.72. The second-order valence-corrected chi connectivity index (χ2v) is 6.21. The monoisotopic (exact) mass is 340 g/mol. The highest BCUT2D eigenvalue weighted by Crippen LogP contribution is 2.25. The average Bonchev–Trinajstić information content (AvgIpc) is 3.18. The summed E-state index contributed by atoms with van der Waals surface area (Å²) in [4.78, 5) is 4.34. The maximum atomic E-state index is 5.59. The predicted molar refractivity (Wildman–Crippen MR) is 104 cm³/mol. The molecule has 0 fully saturated rings. The first-order chi connectivity index (χ1) is 12.8. The number of aromatic nitrogens is 3. The minimum atomic E-state index is 0.462. The van der Waals surface area contributed by atoms with E-state index >= 15 is 0 Å². The molecule has 2 heterocycles. The van der Waals surface area contributed by atoms with Gasteiger partial charge in [0, 0.05) is 24.5 Å². The number of rotatable bonds is 5. The quantitative estimate of drug-likeness (QED) is 0.594. The molecule has 0 spiro atoms. The van der Waals surface area contributed by atoms with Gasteiger partial charge in [-0.2, -0.15) is 5.10 Å². The Balaban J connectivity index is 1.56. The molecule has 0 aliphatic carbocycles. The van der Waals surface area contributed by atoms with Crippen LogP contribution in [0.2, 0.25) is 0 Å². The lowest BCUT2D eigenvalue weighted by molar-refractivity contribution is 0.686. The van der Waals surface area contributed by atoms with Crippen molar-refractivity contribution in [3.05, 3.63) is 96.4 Å². The standard InChI is InChI=1S/C22H20N4/c23-14-21-10-9-17(15-24-21)16-26-12-11-22(25-26)20-8-4-7-19(13-20)18-5-2-1-3-6-18/h1-13,15H,14,16,23H2. The molecule has 0 saturated carbocycles. The maximum Gasteiger partial charge on any atom is 0.0923 e. The highest BCUT2D eigenvalue weighted by molar-refractivity contribution is 5.71. The molecule has 0 amide bonds. The van der Waals surface area contributed by atoms with E-state index in [1.807, 2.05) is 41.3 Å². The second-order valence-electron chi connectivity index (χ2n) is 6.21. The van der Waals surface area contributed by atoms with Crippen molar-refractivity contribution in [2.75, 3.05) is 0 Å². The molecule has 26 heavy (non-hydrogen) atoms. The Bertz CT molecular complexity index is 988. The molecule has 0 atom stereocenters. The number of hydrogen-bond acceptors (Lipinski definition) is 3. The molecule has 2 aromatic carbocycles. The van der Waals surface area contributed by atoms with Gasteiger partial charge in [-0.15, -0.1) is 0 Å². The summed E-state index contributed by atoms with van der Waals surface area (Å²) in [6, 6.07) is 24.9. The lowest BCUT2D eigenvalue weighted by Gasteiger charge is -2.05. The molecule has 0 saturated heterocycles. The lowest BCUT2D eigenvalue weighted by Crippen LogP contribution is -2.03. The van der Waals surface area contributed by atoms with Crippen molar-refractivity contribution in [2.45, 2.75) is 13.1 Å². The molecular formula is C22H20N4. The van der Waals surface area contributed by atoms with Gasteiger partial charge in [0.15, 0.2) is 0 Å². The van der Waals surface area contributed by atoms with Crippen molar-refractivity contribution in [1.29, 1.82) is 0 Å². The zero-order valence-corrected chi connectivity index (χ0v) is 14.4. The molecule has 4 heteroatoms. The molecular weight excluding hydrogens is 320 g/mol. The highest BCUT2D eigenvalue weighted by atomic mass is 15.3. The van der Waals surface area contributed by atoms with Crippen LogP contribution in [0.3, 0.4) is 0 Å². The minimum absolute atomic E-state index is 0.462. The molecule has 2 N–H and O–H groups in total. The zero-order valence-electron chi connectivity index (χ0n) is 14.4. The average molecular weight is 340 g/mol. The molecule has 0 aliphatic heterocycles. The van der Waals surface area contributed by atoms with Crippen LogP contribution in [0.5, 0.6) is 0 Å². The van der Waals surface area contributed by atoms with Gasteiger partial charge in [-0.05, 0) is 34.9 Å². The van der Waals surface area contributed by atoms with Crippen LogP contribution in [0.1, 0.15) is 11.3 Å². The number of benzene rings is 2. The zero-order chi connectivity index (χ0) is 17.8. The van der Waals surface area contributed by atoms with Crippen LogP contribution in [0.25, 0.3) is 22.4 Å². The molecule has 2 aromatic heterocycles. The smallest absolute Gasteiger partial charge is 0.0923 e. The Hall–Kier alpha value is -3.24. The summed E-state index contributed by atoms with van der Waals surface area (Å²) in [5.74, 6) is 0. The fraction of sp³-hybridized carbons (Fsp3) is 0.0909. The highest BCUT2D eigenvalue weighted by Gasteiger charge is 2.05. The third-order valence-corrected chi connectivity index (χ3v) is 4.35. The Morgan fingerprint density at radius 3 is 2.38 bits per heavy atom. The van der Waals surface area contributed by atoms with E-state index in [1.54, 1.807) is 0 Å². The topological polar surface area (TPSA) is 56.7 Å². The Labute approximate surface area is 152 Å². The Kier molecular flexibility index (Phi) is 4.58. The summed E-state index contributed by atoms with van der Waals surface area (Å²) in [5.41, 5.74) is 12.1. The lowest BCUT2D eigenvalue weighted by atomic mass is 10.0. The molecule has 4 rings (SSSR count). The van der Waals surface area contributed by atoms with Crippen molar-refractivity contribution in [3.8, 4) is 22.4 Å². The first kappa shape index (κ1) is 16.2. The molecule has 0 unspecified atom stereocenters. The first-order valence-corrected chi connectivity index (χ1v) is 8.65. The van der Waals surface area contributed by atoms with E-state index in [0.29, 0.717) is 13.1 Å². The van der Waals surface area contributed by atoms with Gasteiger partial charge in [0.05, 0.1) is 17.9 Å². The number of pyridine rings is 1. The molecule has 4 aromatic rings. The van der Waals surface area contributed by atoms with E-state index in [0.717, 1.165) is 22.5 Å². The van der Waals surface area contributed by atoms with Crippen LogP contribution in [-0.4, -0.2) is 14.8 Å². The minimum Gasteiger partial charge on any atom is -0.325 e. The van der Waals surface area contributed by atoms with Crippen molar-refractivity contribution < 1.29 is 0 Å². The van der Waals surface area contributed by atoms with Crippen LogP contribution >= 0.6 is 0 Å². The molecule has 128 valence electrons. The van der Waals surface area contributed by atoms with E-state index in [1.165, 1.54) is 11.1 Å². The molecule has 0 radical (unpaired) electrons. The fourth-order valence-electron chi connectivity index (χ4n) is 2.95. The van der Waals surface area contributed by atoms with Crippen LogP contribution in [0.4, 0.5) is 0 Å². The third-order valence-electron chi connectivity index (χ3n) is 4.35. The molecule has 4 nitrogen and oxygen atoms in total. The van der Waals surface area contributed by atoms with Crippen LogP contribution in [0.15, 0.2) is 85.2 Å². The number of hydrogen-bond donors (Lipinski definition) is 1. The van der Waals surface area contributed by atoms with Gasteiger partial charge in [-0.1, -0.05) is 54.6 Å². The van der Waals surface area contributed by atoms with E-state index in [-0.39, 0.29) is 0 Å². The van der Waals surface area contributed by atoms with Gasteiger partial charge >= 0.3 is 0 Å². The second kappa shape index (κ2) is 7.33. The van der Waals surface area contributed by atoms with Crippen molar-refractivity contribution in [1.82, 2.24) is 14.8 Å². The van der Waals surface area contributed by atoms with E-state index < -0.39 is 0 Å². The van der Waals surface area contributed by atoms with Crippen molar-refractivity contribution in [2.24, 2.45) is 5.73 Å². The van der Waals surface area contributed by atoms with Crippen LogP contribution in [-0.2, 0) is 13.1 Å². The van der Waals surface area contributed by atoms with E-state index in [2.05, 4.69) is 53.5 Å². The normalized spacial score (nSPS) is 10.8. The Morgan fingerprint density at radius 2 is 1.62 bits per heavy atom. The van der Waals surface area contributed by atoms with E-state index in [9.17, 15) is 0 Å². The summed E-state index contributed by atoms with van der Waals surface area (Å²) < 4.78 is 1.93. The van der Waals surface area contributed by atoms with Crippen LogP contribution in [0, 0.1) is 0 Å². The van der Waals surface area contributed by atoms with Crippen molar-refractivity contribution >= 4 is 0 Å². The maximum absolute atomic E-state index is 5.59. The molecule has 0 aliphatic rings. The van der Waals surface area contributed by atoms with E-state index in [4.69, 9.17) is 10.8 Å². The predicted octanol–water partition coefficient (Wildman–Crippen LogP) is 4.12. The molecule has 0 bridgehead atoms. The van der Waals surface area contributed by atoms with Gasteiger partial charge in [-0.25, -0.2) is 0 Å². The summed E-state index contributed by atoms with van der Waals surface area (Å²) in [6.07, 6.45) is 3.86. The summed E-state index contributed by atoms with van der Waals surface area (Å²) >= 11 is 0. The van der Waals surface area contributed by atoms with Gasteiger partial charge in [-0.3, -0.25) is 9.67 Å².